The molecule has 2 aliphatic heterocycles. The predicted octanol–water partition coefficient (Wildman–Crippen LogP) is 4.47. The summed E-state index contributed by atoms with van der Waals surface area (Å²) in [7, 11) is -3.29. The van der Waals surface area contributed by atoms with Crippen molar-refractivity contribution in [2.45, 2.75) is 114 Å². The average molecular weight is 657 g/mol. The zero-order valence-electron chi connectivity index (χ0n) is 26.5. The summed E-state index contributed by atoms with van der Waals surface area (Å²) in [4.78, 5) is 31.7. The quantitative estimate of drug-likeness (QED) is 0.238. The zero-order chi connectivity index (χ0) is 30.9. The van der Waals surface area contributed by atoms with Crippen LogP contribution >= 0.6 is 12.4 Å². The first-order valence-electron chi connectivity index (χ1n) is 16.3. The SMILES string of the molecule is CCCCN1C(=O)[C@@H](CC2(O)CCCCC2)NC(=O)C12CCN(CCCCCCOc1ccc(NS(C)(=O)=O)cc1)CC2.Cl. The third-order valence-corrected chi connectivity index (χ3v) is 10.00. The number of carbonyl (C=O) groups excluding carboxylic acids is 2. The van der Waals surface area contributed by atoms with Crippen molar-refractivity contribution >= 4 is 39.9 Å². The number of rotatable bonds is 15. The fourth-order valence-electron chi connectivity index (χ4n) is 6.91. The van der Waals surface area contributed by atoms with Crippen molar-refractivity contribution in [3.05, 3.63) is 24.3 Å². The maximum Gasteiger partial charge on any atom is 0.246 e. The van der Waals surface area contributed by atoms with Crippen molar-refractivity contribution in [1.82, 2.24) is 15.1 Å². The van der Waals surface area contributed by atoms with Gasteiger partial charge in [-0.25, -0.2) is 8.42 Å². The van der Waals surface area contributed by atoms with Crippen LogP contribution in [0.15, 0.2) is 24.3 Å². The van der Waals surface area contributed by atoms with E-state index in [4.69, 9.17) is 4.74 Å². The van der Waals surface area contributed by atoms with Gasteiger partial charge in [0.25, 0.3) is 0 Å². The number of benzene rings is 1. The smallest absolute Gasteiger partial charge is 0.246 e. The molecule has 3 fully saturated rings. The van der Waals surface area contributed by atoms with Crippen LogP contribution in [0.4, 0.5) is 5.69 Å². The average Bonchev–Trinajstić information content (AvgIpc) is 2.96. The molecule has 250 valence electrons. The summed E-state index contributed by atoms with van der Waals surface area (Å²) in [5.41, 5.74) is -1.11. The van der Waals surface area contributed by atoms with Crippen LogP contribution < -0.4 is 14.8 Å². The molecular formula is C32H53ClN4O6S. The van der Waals surface area contributed by atoms with Gasteiger partial charge in [0.05, 0.1) is 18.5 Å². The number of halogens is 1. The molecule has 4 rings (SSSR count). The van der Waals surface area contributed by atoms with Crippen molar-refractivity contribution in [2.75, 3.05) is 43.8 Å². The van der Waals surface area contributed by atoms with Gasteiger partial charge in [0.15, 0.2) is 0 Å². The van der Waals surface area contributed by atoms with Crippen molar-refractivity contribution in [1.29, 1.82) is 0 Å². The van der Waals surface area contributed by atoms with Crippen molar-refractivity contribution in [3.8, 4) is 5.75 Å². The Morgan fingerprint density at radius 1 is 0.955 bits per heavy atom. The number of carbonyl (C=O) groups is 2. The highest BCUT2D eigenvalue weighted by atomic mass is 35.5. The number of anilines is 1. The van der Waals surface area contributed by atoms with Crippen molar-refractivity contribution < 1.29 is 27.9 Å². The summed E-state index contributed by atoms with van der Waals surface area (Å²) in [5, 5.41) is 14.2. The number of sulfonamides is 1. The molecule has 12 heteroatoms. The Morgan fingerprint density at radius 2 is 1.61 bits per heavy atom. The summed E-state index contributed by atoms with van der Waals surface area (Å²) < 4.78 is 30.9. The Labute approximate surface area is 270 Å². The third kappa shape index (κ3) is 9.96. The highest BCUT2D eigenvalue weighted by Crippen LogP contribution is 2.37. The van der Waals surface area contributed by atoms with Gasteiger partial charge < -0.3 is 25.0 Å². The first-order valence-corrected chi connectivity index (χ1v) is 18.2. The second-order valence-electron chi connectivity index (χ2n) is 12.9. The molecule has 3 N–H and O–H groups in total. The molecule has 1 saturated carbocycles. The molecule has 1 atom stereocenters. The fourth-order valence-corrected chi connectivity index (χ4v) is 7.47. The largest absolute Gasteiger partial charge is 0.494 e. The Morgan fingerprint density at radius 3 is 2.25 bits per heavy atom. The molecule has 3 aliphatic rings. The van der Waals surface area contributed by atoms with E-state index in [1.165, 1.54) is 0 Å². The zero-order valence-corrected chi connectivity index (χ0v) is 28.2. The van der Waals surface area contributed by atoms with E-state index >= 15 is 0 Å². The highest BCUT2D eigenvalue weighted by molar-refractivity contribution is 7.92. The number of hydrogen-bond donors (Lipinski definition) is 3. The summed E-state index contributed by atoms with van der Waals surface area (Å²) in [5.74, 6) is 0.675. The molecule has 10 nitrogen and oxygen atoms in total. The van der Waals surface area contributed by atoms with Crippen molar-refractivity contribution in [2.24, 2.45) is 0 Å². The molecule has 2 saturated heterocycles. The monoisotopic (exact) mass is 656 g/mol. The number of unbranched alkanes of at least 4 members (excludes halogenated alkanes) is 4. The maximum absolute atomic E-state index is 13.8. The standard InChI is InChI=1S/C32H52N4O6S.ClH/c1-3-4-21-36-29(37)28(25-31(39)16-8-7-9-17-31)33-30(38)32(36)18-22-35(23-19-32)20-10-5-6-11-24-42-27-14-12-26(13-15-27)34-43(2,40)41;/h12-15,28,34,39H,3-11,16-25H2,1-2H3,(H,33,38);1H/t28-;/m1./s1. The topological polar surface area (TPSA) is 128 Å². The lowest BCUT2D eigenvalue weighted by Gasteiger charge is -2.52. The van der Waals surface area contributed by atoms with Gasteiger partial charge in [0, 0.05) is 31.7 Å². The molecule has 0 bridgehead atoms. The Kier molecular flexibility index (Phi) is 13.6. The molecular weight excluding hydrogens is 604 g/mol. The minimum atomic E-state index is -3.29. The number of piperidine rings is 1. The van der Waals surface area contributed by atoms with Gasteiger partial charge in [-0.3, -0.25) is 14.3 Å². The third-order valence-electron chi connectivity index (χ3n) is 9.39. The van der Waals surface area contributed by atoms with Crippen LogP contribution in [0.5, 0.6) is 5.75 Å². The number of aliphatic hydroxyl groups is 1. The lowest BCUT2D eigenvalue weighted by molar-refractivity contribution is -0.163. The molecule has 1 spiro atoms. The number of piperazine rings is 1. The molecule has 1 aromatic rings. The highest BCUT2D eigenvalue weighted by Gasteiger charge is 2.54. The molecule has 2 heterocycles. The Balaban J connectivity index is 0.00000529. The predicted molar refractivity (Wildman–Crippen MR) is 176 cm³/mol. The number of nitrogens with one attached hydrogen (secondary N) is 2. The Hall–Kier alpha value is -2.08. The van der Waals surface area contributed by atoms with Crippen LogP contribution in [-0.4, -0.2) is 91.4 Å². The van der Waals surface area contributed by atoms with Crippen LogP contribution in [-0.2, 0) is 19.6 Å². The summed E-state index contributed by atoms with van der Waals surface area (Å²) in [6.07, 6.45) is 13.2. The van der Waals surface area contributed by atoms with E-state index in [0.29, 0.717) is 50.9 Å². The van der Waals surface area contributed by atoms with E-state index in [0.717, 1.165) is 89.4 Å². The summed E-state index contributed by atoms with van der Waals surface area (Å²) >= 11 is 0. The lowest BCUT2D eigenvalue weighted by Crippen LogP contribution is -2.73. The van der Waals surface area contributed by atoms with E-state index in [9.17, 15) is 23.1 Å². The number of likely N-dealkylation sites (tertiary alicyclic amines) is 1. The molecule has 0 aromatic heterocycles. The first kappa shape index (κ1) is 36.4. The van der Waals surface area contributed by atoms with Crippen molar-refractivity contribution in [3.63, 3.8) is 0 Å². The molecule has 1 aromatic carbocycles. The molecule has 44 heavy (non-hydrogen) atoms. The minimum Gasteiger partial charge on any atom is -0.494 e. The van der Waals surface area contributed by atoms with Crippen LogP contribution in [0.25, 0.3) is 0 Å². The Bertz CT molecular complexity index is 1170. The van der Waals surface area contributed by atoms with E-state index in [-0.39, 0.29) is 24.2 Å². The number of hydrogen-bond acceptors (Lipinski definition) is 7. The summed E-state index contributed by atoms with van der Waals surface area (Å²) in [6, 6.07) is 6.28. The first-order chi connectivity index (χ1) is 20.5. The molecule has 0 radical (unpaired) electrons. The maximum atomic E-state index is 13.8. The summed E-state index contributed by atoms with van der Waals surface area (Å²) in [6.45, 7) is 5.89. The molecule has 0 unspecified atom stereocenters. The van der Waals surface area contributed by atoms with Crippen LogP contribution in [0.1, 0.15) is 96.8 Å². The van der Waals surface area contributed by atoms with Gasteiger partial charge in [-0.2, -0.15) is 0 Å². The van der Waals surface area contributed by atoms with E-state index in [1.54, 1.807) is 24.3 Å². The van der Waals surface area contributed by atoms with E-state index in [1.807, 2.05) is 4.90 Å². The van der Waals surface area contributed by atoms with Gasteiger partial charge in [0.2, 0.25) is 21.8 Å². The fraction of sp³-hybridized carbons (Fsp3) is 0.750. The number of ether oxygens (including phenoxy) is 1. The van der Waals surface area contributed by atoms with Crippen LogP contribution in [0.3, 0.4) is 0 Å². The lowest BCUT2D eigenvalue weighted by atomic mass is 9.77. The number of nitrogens with zero attached hydrogens (tertiary/aromatic N) is 2. The second kappa shape index (κ2) is 16.5. The van der Waals surface area contributed by atoms with E-state index < -0.39 is 27.2 Å². The van der Waals surface area contributed by atoms with Gasteiger partial charge in [-0.15, -0.1) is 12.4 Å². The normalized spacial score (nSPS) is 21.9. The van der Waals surface area contributed by atoms with Gasteiger partial charge in [0.1, 0.15) is 17.3 Å². The van der Waals surface area contributed by atoms with Gasteiger partial charge >= 0.3 is 0 Å². The van der Waals surface area contributed by atoms with Crippen LogP contribution in [0.2, 0.25) is 0 Å². The van der Waals surface area contributed by atoms with Gasteiger partial charge in [-0.1, -0.05) is 45.4 Å². The minimum absolute atomic E-state index is 0. The van der Waals surface area contributed by atoms with Gasteiger partial charge in [-0.05, 0) is 75.8 Å². The molecule has 1 aliphatic carbocycles. The second-order valence-corrected chi connectivity index (χ2v) is 14.6. The molecule has 2 amide bonds. The number of amides is 2. The van der Waals surface area contributed by atoms with E-state index in [2.05, 4.69) is 21.9 Å². The van der Waals surface area contributed by atoms with Crippen LogP contribution in [0, 0.1) is 0 Å².